The van der Waals surface area contributed by atoms with Gasteiger partial charge < -0.3 is 5.32 Å². The zero-order valence-electron chi connectivity index (χ0n) is 15.1. The van der Waals surface area contributed by atoms with E-state index in [1.54, 1.807) is 24.3 Å². The van der Waals surface area contributed by atoms with Crippen molar-refractivity contribution in [3.8, 4) is 0 Å². The van der Waals surface area contributed by atoms with Crippen LogP contribution in [0.25, 0.3) is 0 Å². The van der Waals surface area contributed by atoms with Crippen LogP contribution < -0.4 is 5.32 Å². The van der Waals surface area contributed by atoms with Crippen LogP contribution in [0.3, 0.4) is 0 Å². The smallest absolute Gasteiger partial charge is 0.269 e. The van der Waals surface area contributed by atoms with Gasteiger partial charge in [0.05, 0.1) is 16.1 Å². The number of non-ortho nitro benzene ring substituents is 1. The summed E-state index contributed by atoms with van der Waals surface area (Å²) in [4.78, 5) is 47.8. The van der Waals surface area contributed by atoms with Gasteiger partial charge in [-0.2, -0.15) is 0 Å². The summed E-state index contributed by atoms with van der Waals surface area (Å²) in [5, 5.41) is 13.3. The minimum atomic E-state index is -0.500. The fraction of sp³-hybridized carbons (Fsp3) is 0.250. The number of nitro groups is 1. The second-order valence-corrected chi connectivity index (χ2v) is 6.47. The molecule has 2 aromatic rings. The van der Waals surface area contributed by atoms with E-state index in [2.05, 4.69) is 5.32 Å². The highest BCUT2D eigenvalue weighted by Gasteiger charge is 2.34. The van der Waals surface area contributed by atoms with Gasteiger partial charge in [-0.05, 0) is 37.1 Å². The van der Waals surface area contributed by atoms with Crippen LogP contribution in [-0.2, 0) is 4.79 Å². The molecule has 1 heterocycles. The summed E-state index contributed by atoms with van der Waals surface area (Å²) < 4.78 is 0. The van der Waals surface area contributed by atoms with Gasteiger partial charge in [0.25, 0.3) is 17.5 Å². The number of nitrogens with zero attached hydrogens (tertiary/aromatic N) is 2. The molecule has 3 amide bonds. The third-order valence-corrected chi connectivity index (χ3v) is 4.53. The van der Waals surface area contributed by atoms with Gasteiger partial charge in [0, 0.05) is 30.8 Å². The number of nitro benzene ring substituents is 1. The van der Waals surface area contributed by atoms with Crippen LogP contribution in [0.5, 0.6) is 0 Å². The van der Waals surface area contributed by atoms with Crippen LogP contribution in [0, 0.1) is 10.1 Å². The normalized spacial score (nSPS) is 12.8. The number of imide groups is 1. The molecule has 28 heavy (non-hydrogen) atoms. The van der Waals surface area contributed by atoms with Crippen LogP contribution >= 0.6 is 0 Å². The first-order chi connectivity index (χ1) is 13.5. The molecule has 0 aliphatic carbocycles. The predicted molar refractivity (Wildman–Crippen MR) is 102 cm³/mol. The molecule has 8 nitrogen and oxygen atoms in total. The van der Waals surface area contributed by atoms with Gasteiger partial charge in [0.2, 0.25) is 5.91 Å². The molecule has 144 valence electrons. The number of unbranched alkanes of at least 4 members (excludes halogenated alkanes) is 2. The summed E-state index contributed by atoms with van der Waals surface area (Å²) in [6, 6.07) is 12.4. The predicted octanol–water partition coefficient (Wildman–Crippen LogP) is 3.39. The van der Waals surface area contributed by atoms with Crippen molar-refractivity contribution < 1.29 is 19.3 Å². The largest absolute Gasteiger partial charge is 0.326 e. The summed E-state index contributed by atoms with van der Waals surface area (Å²) in [6.45, 7) is 0.330. The van der Waals surface area contributed by atoms with Crippen LogP contribution in [-0.4, -0.2) is 34.1 Å². The molecular weight excluding hydrogens is 362 g/mol. The molecule has 0 atom stereocenters. The van der Waals surface area contributed by atoms with E-state index in [9.17, 15) is 24.5 Å². The lowest BCUT2D eigenvalue weighted by atomic mass is 10.1. The Bertz CT molecular complexity index is 889. The number of fused-ring (bicyclic) bond motifs is 1. The van der Waals surface area contributed by atoms with Crippen molar-refractivity contribution in [2.24, 2.45) is 0 Å². The topological polar surface area (TPSA) is 110 Å². The van der Waals surface area contributed by atoms with Crippen molar-refractivity contribution in [3.63, 3.8) is 0 Å². The molecular formula is C20H19N3O5. The van der Waals surface area contributed by atoms with Crippen molar-refractivity contribution in [2.75, 3.05) is 11.9 Å². The Kier molecular flexibility index (Phi) is 5.78. The Hall–Kier alpha value is -3.55. The molecule has 3 rings (SSSR count). The van der Waals surface area contributed by atoms with Crippen LogP contribution in [0.4, 0.5) is 11.4 Å². The number of hydrogen-bond donors (Lipinski definition) is 1. The zero-order chi connectivity index (χ0) is 20.1. The third kappa shape index (κ3) is 4.22. The molecule has 0 fully saturated rings. The van der Waals surface area contributed by atoms with Crippen molar-refractivity contribution in [2.45, 2.75) is 25.7 Å². The standard InChI is InChI=1S/C20H19N3O5/c24-18(21-14-9-11-15(12-10-14)23(27)28)8-2-1-5-13-22-19(25)16-6-3-4-7-17(16)20(22)26/h3-4,6-7,9-12H,1-2,5,8,13H2,(H,21,24). The number of carbonyl (C=O) groups excluding carboxylic acids is 3. The van der Waals surface area contributed by atoms with Gasteiger partial charge in [-0.3, -0.25) is 29.4 Å². The summed E-state index contributed by atoms with van der Waals surface area (Å²) >= 11 is 0. The van der Waals surface area contributed by atoms with Crippen LogP contribution in [0.15, 0.2) is 48.5 Å². The molecule has 0 saturated carbocycles. The van der Waals surface area contributed by atoms with E-state index in [1.807, 2.05) is 0 Å². The van der Waals surface area contributed by atoms with Crippen molar-refractivity contribution in [1.82, 2.24) is 4.90 Å². The lowest BCUT2D eigenvalue weighted by molar-refractivity contribution is -0.384. The first-order valence-corrected chi connectivity index (χ1v) is 8.97. The maximum atomic E-state index is 12.2. The monoisotopic (exact) mass is 381 g/mol. The van der Waals surface area contributed by atoms with Crippen LogP contribution in [0.2, 0.25) is 0 Å². The molecule has 0 radical (unpaired) electrons. The number of amides is 3. The van der Waals surface area contributed by atoms with Gasteiger partial charge in [-0.25, -0.2) is 0 Å². The fourth-order valence-electron chi connectivity index (χ4n) is 3.06. The maximum Gasteiger partial charge on any atom is 0.269 e. The molecule has 0 spiro atoms. The highest BCUT2D eigenvalue weighted by molar-refractivity contribution is 6.21. The minimum absolute atomic E-state index is 0.0360. The van der Waals surface area contributed by atoms with E-state index in [0.717, 1.165) is 0 Å². The average Bonchev–Trinajstić information content (AvgIpc) is 2.93. The minimum Gasteiger partial charge on any atom is -0.326 e. The van der Waals surface area contributed by atoms with Crippen molar-refractivity contribution in [1.29, 1.82) is 0 Å². The van der Waals surface area contributed by atoms with E-state index < -0.39 is 4.92 Å². The van der Waals surface area contributed by atoms with E-state index in [4.69, 9.17) is 0 Å². The highest BCUT2D eigenvalue weighted by Crippen LogP contribution is 2.23. The lowest BCUT2D eigenvalue weighted by Crippen LogP contribution is -2.30. The van der Waals surface area contributed by atoms with Gasteiger partial charge in [-0.15, -0.1) is 0 Å². The molecule has 0 bridgehead atoms. The Morgan fingerprint density at radius 2 is 1.54 bits per heavy atom. The quantitative estimate of drug-likeness (QED) is 0.326. The first kappa shape index (κ1) is 19.2. The van der Waals surface area contributed by atoms with E-state index in [0.29, 0.717) is 49.0 Å². The number of anilines is 1. The van der Waals surface area contributed by atoms with Crippen LogP contribution in [0.1, 0.15) is 46.4 Å². The Morgan fingerprint density at radius 1 is 0.929 bits per heavy atom. The Labute approximate surface area is 161 Å². The summed E-state index contributed by atoms with van der Waals surface area (Å²) in [5.74, 6) is -0.720. The molecule has 1 aliphatic heterocycles. The second-order valence-electron chi connectivity index (χ2n) is 6.47. The number of nitrogens with one attached hydrogen (secondary N) is 1. The first-order valence-electron chi connectivity index (χ1n) is 8.97. The molecule has 0 aromatic heterocycles. The Morgan fingerprint density at radius 3 is 2.11 bits per heavy atom. The number of rotatable bonds is 8. The zero-order valence-corrected chi connectivity index (χ0v) is 15.1. The third-order valence-electron chi connectivity index (χ3n) is 4.53. The molecule has 1 N–H and O–H groups in total. The molecule has 8 heteroatoms. The van der Waals surface area contributed by atoms with E-state index >= 15 is 0 Å². The summed E-state index contributed by atoms with van der Waals surface area (Å²) in [7, 11) is 0. The van der Waals surface area contributed by atoms with Gasteiger partial charge in [0.15, 0.2) is 0 Å². The second kappa shape index (κ2) is 8.43. The number of hydrogen-bond acceptors (Lipinski definition) is 5. The molecule has 0 saturated heterocycles. The van der Waals surface area contributed by atoms with E-state index in [-0.39, 0.29) is 23.4 Å². The van der Waals surface area contributed by atoms with Gasteiger partial charge >= 0.3 is 0 Å². The van der Waals surface area contributed by atoms with E-state index in [1.165, 1.54) is 29.2 Å². The average molecular weight is 381 g/mol. The molecule has 1 aliphatic rings. The van der Waals surface area contributed by atoms with Crippen molar-refractivity contribution >= 4 is 29.1 Å². The SMILES string of the molecule is O=C(CCCCCN1C(=O)c2ccccc2C1=O)Nc1ccc([N+](=O)[O-])cc1. The highest BCUT2D eigenvalue weighted by atomic mass is 16.6. The number of benzene rings is 2. The maximum absolute atomic E-state index is 12.2. The summed E-state index contributed by atoms with van der Waals surface area (Å²) in [5.41, 5.74) is 1.35. The van der Waals surface area contributed by atoms with Crippen molar-refractivity contribution in [3.05, 3.63) is 69.8 Å². The van der Waals surface area contributed by atoms with Gasteiger partial charge in [-0.1, -0.05) is 18.6 Å². The Balaban J connectivity index is 1.38. The van der Waals surface area contributed by atoms with Gasteiger partial charge in [0.1, 0.15) is 0 Å². The lowest BCUT2D eigenvalue weighted by Gasteiger charge is -2.13. The molecule has 0 unspecified atom stereocenters. The summed E-state index contributed by atoms with van der Waals surface area (Å²) in [6.07, 6.45) is 2.22. The number of carbonyl (C=O) groups is 3. The fourth-order valence-corrected chi connectivity index (χ4v) is 3.06. The molecule has 2 aromatic carbocycles.